The summed E-state index contributed by atoms with van der Waals surface area (Å²) in [5.41, 5.74) is 0.766. The Morgan fingerprint density at radius 2 is 1.64 bits per heavy atom. The van der Waals surface area contributed by atoms with E-state index in [1.54, 1.807) is 28.6 Å². The summed E-state index contributed by atoms with van der Waals surface area (Å²) in [4.78, 5) is 0.314. The first-order valence-electron chi connectivity index (χ1n) is 7.60. The van der Waals surface area contributed by atoms with Crippen molar-refractivity contribution < 1.29 is 8.42 Å². The SMILES string of the molecule is CCCN(CCC)S(=O)(=O)c1ccc(NC(=S)NCC)cc1. The predicted molar refractivity (Wildman–Crippen MR) is 95.7 cm³/mol. The highest BCUT2D eigenvalue weighted by atomic mass is 32.2. The molecular weight excluding hydrogens is 318 g/mol. The molecule has 0 atom stereocenters. The summed E-state index contributed by atoms with van der Waals surface area (Å²) in [5.74, 6) is 0. The van der Waals surface area contributed by atoms with Crippen molar-refractivity contribution in [3.63, 3.8) is 0 Å². The van der Waals surface area contributed by atoms with Crippen molar-refractivity contribution in [3.8, 4) is 0 Å². The van der Waals surface area contributed by atoms with Gasteiger partial charge in [0.05, 0.1) is 4.90 Å². The molecule has 0 aromatic heterocycles. The van der Waals surface area contributed by atoms with E-state index in [2.05, 4.69) is 10.6 Å². The van der Waals surface area contributed by atoms with E-state index in [1.807, 2.05) is 20.8 Å². The van der Waals surface area contributed by atoms with Gasteiger partial charge in [-0.1, -0.05) is 13.8 Å². The fraction of sp³-hybridized carbons (Fsp3) is 0.533. The fourth-order valence-electron chi connectivity index (χ4n) is 2.05. The molecular formula is C15H25N3O2S2. The second-order valence-electron chi connectivity index (χ2n) is 4.91. The Hall–Kier alpha value is -1.18. The van der Waals surface area contributed by atoms with Crippen molar-refractivity contribution in [1.29, 1.82) is 0 Å². The summed E-state index contributed by atoms with van der Waals surface area (Å²) < 4.78 is 26.8. The van der Waals surface area contributed by atoms with Gasteiger partial charge in [-0.2, -0.15) is 4.31 Å². The Kier molecular flexibility index (Phi) is 7.78. The molecule has 0 aliphatic carbocycles. The lowest BCUT2D eigenvalue weighted by Crippen LogP contribution is -2.32. The second-order valence-corrected chi connectivity index (χ2v) is 7.26. The number of hydrogen-bond acceptors (Lipinski definition) is 3. The van der Waals surface area contributed by atoms with E-state index in [4.69, 9.17) is 12.2 Å². The standard InChI is InChI=1S/C15H25N3O2S2/c1-4-11-18(12-5-2)22(19,20)14-9-7-13(8-10-14)17-15(21)16-6-3/h7-10H,4-6,11-12H2,1-3H3,(H2,16,17,21). The molecule has 124 valence electrons. The van der Waals surface area contributed by atoms with E-state index in [0.717, 1.165) is 25.1 Å². The fourth-order valence-corrected chi connectivity index (χ4v) is 3.93. The smallest absolute Gasteiger partial charge is 0.243 e. The topological polar surface area (TPSA) is 61.4 Å². The van der Waals surface area contributed by atoms with Crippen LogP contribution in [0.15, 0.2) is 29.2 Å². The minimum atomic E-state index is -3.42. The molecule has 7 heteroatoms. The molecule has 0 saturated heterocycles. The lowest BCUT2D eigenvalue weighted by Gasteiger charge is -2.21. The third-order valence-electron chi connectivity index (χ3n) is 3.03. The van der Waals surface area contributed by atoms with Crippen LogP contribution in [-0.2, 0) is 10.0 Å². The van der Waals surface area contributed by atoms with Crippen molar-refractivity contribution in [2.45, 2.75) is 38.5 Å². The van der Waals surface area contributed by atoms with Gasteiger partial charge in [-0.05, 0) is 56.2 Å². The van der Waals surface area contributed by atoms with Crippen molar-refractivity contribution in [1.82, 2.24) is 9.62 Å². The third-order valence-corrected chi connectivity index (χ3v) is 5.19. The molecule has 2 N–H and O–H groups in total. The Balaban J connectivity index is 2.89. The zero-order valence-corrected chi connectivity index (χ0v) is 15.1. The summed E-state index contributed by atoms with van der Waals surface area (Å²) in [5, 5.41) is 6.52. The maximum absolute atomic E-state index is 12.6. The van der Waals surface area contributed by atoms with Gasteiger partial charge in [-0.3, -0.25) is 0 Å². The minimum Gasteiger partial charge on any atom is -0.363 e. The van der Waals surface area contributed by atoms with Crippen LogP contribution in [0.4, 0.5) is 5.69 Å². The van der Waals surface area contributed by atoms with E-state index in [9.17, 15) is 8.42 Å². The van der Waals surface area contributed by atoms with E-state index >= 15 is 0 Å². The van der Waals surface area contributed by atoms with Crippen LogP contribution in [-0.4, -0.2) is 37.5 Å². The van der Waals surface area contributed by atoms with E-state index in [1.165, 1.54) is 0 Å². The van der Waals surface area contributed by atoms with Gasteiger partial charge in [0, 0.05) is 25.3 Å². The summed E-state index contributed by atoms with van der Waals surface area (Å²) in [6, 6.07) is 6.69. The molecule has 1 aromatic carbocycles. The van der Waals surface area contributed by atoms with Crippen LogP contribution in [0.5, 0.6) is 0 Å². The molecule has 22 heavy (non-hydrogen) atoms. The van der Waals surface area contributed by atoms with Gasteiger partial charge >= 0.3 is 0 Å². The van der Waals surface area contributed by atoms with Crippen LogP contribution in [0.25, 0.3) is 0 Å². The Morgan fingerprint density at radius 3 is 2.09 bits per heavy atom. The van der Waals surface area contributed by atoms with Gasteiger partial charge in [0.25, 0.3) is 0 Å². The van der Waals surface area contributed by atoms with Crippen molar-refractivity contribution in [2.75, 3.05) is 25.0 Å². The molecule has 1 aromatic rings. The molecule has 0 unspecified atom stereocenters. The van der Waals surface area contributed by atoms with Crippen LogP contribution in [0.1, 0.15) is 33.6 Å². The van der Waals surface area contributed by atoms with Gasteiger partial charge in [0.15, 0.2) is 5.11 Å². The molecule has 0 saturated carbocycles. The van der Waals surface area contributed by atoms with E-state index in [-0.39, 0.29) is 0 Å². The number of hydrogen-bond donors (Lipinski definition) is 2. The zero-order valence-electron chi connectivity index (χ0n) is 13.4. The second kappa shape index (κ2) is 9.07. The first-order chi connectivity index (χ1) is 10.5. The summed E-state index contributed by atoms with van der Waals surface area (Å²) in [6.45, 7) is 7.74. The number of sulfonamides is 1. The number of anilines is 1. The molecule has 0 bridgehead atoms. The quantitative estimate of drug-likeness (QED) is 0.711. The maximum Gasteiger partial charge on any atom is 0.243 e. The van der Waals surface area contributed by atoms with E-state index < -0.39 is 10.0 Å². The summed E-state index contributed by atoms with van der Waals surface area (Å²) in [6.07, 6.45) is 1.60. The number of thiocarbonyl (C=S) groups is 1. The zero-order chi connectivity index (χ0) is 16.6. The lowest BCUT2D eigenvalue weighted by atomic mass is 10.3. The highest BCUT2D eigenvalue weighted by molar-refractivity contribution is 7.89. The first kappa shape index (κ1) is 18.9. The Morgan fingerprint density at radius 1 is 1.09 bits per heavy atom. The van der Waals surface area contributed by atoms with Crippen LogP contribution >= 0.6 is 12.2 Å². The molecule has 0 spiro atoms. The third kappa shape index (κ3) is 5.23. The van der Waals surface area contributed by atoms with Crippen molar-refractivity contribution in [2.24, 2.45) is 0 Å². The van der Waals surface area contributed by atoms with Gasteiger partial charge in [-0.25, -0.2) is 8.42 Å². The largest absolute Gasteiger partial charge is 0.363 e. The van der Waals surface area contributed by atoms with Gasteiger partial charge in [0.1, 0.15) is 0 Å². The molecule has 0 aliphatic rings. The van der Waals surface area contributed by atoms with Crippen molar-refractivity contribution >= 4 is 33.0 Å². The van der Waals surface area contributed by atoms with Gasteiger partial charge < -0.3 is 10.6 Å². The number of rotatable bonds is 8. The highest BCUT2D eigenvalue weighted by Gasteiger charge is 2.22. The van der Waals surface area contributed by atoms with Gasteiger partial charge in [0.2, 0.25) is 10.0 Å². The maximum atomic E-state index is 12.6. The average Bonchev–Trinajstić information content (AvgIpc) is 2.48. The number of benzene rings is 1. The van der Waals surface area contributed by atoms with E-state index in [0.29, 0.717) is 23.1 Å². The summed E-state index contributed by atoms with van der Waals surface area (Å²) >= 11 is 5.10. The molecule has 0 aliphatic heterocycles. The normalized spacial score (nSPS) is 11.5. The highest BCUT2D eigenvalue weighted by Crippen LogP contribution is 2.19. The molecule has 0 heterocycles. The van der Waals surface area contributed by atoms with Crippen LogP contribution < -0.4 is 10.6 Å². The van der Waals surface area contributed by atoms with Crippen LogP contribution in [0.2, 0.25) is 0 Å². The van der Waals surface area contributed by atoms with Crippen LogP contribution in [0, 0.1) is 0 Å². The molecule has 0 radical (unpaired) electrons. The minimum absolute atomic E-state index is 0.314. The number of nitrogens with one attached hydrogen (secondary N) is 2. The molecule has 0 amide bonds. The summed E-state index contributed by atoms with van der Waals surface area (Å²) in [7, 11) is -3.42. The van der Waals surface area contributed by atoms with Crippen molar-refractivity contribution in [3.05, 3.63) is 24.3 Å². The first-order valence-corrected chi connectivity index (χ1v) is 9.45. The average molecular weight is 344 g/mol. The predicted octanol–water partition coefficient (Wildman–Crippen LogP) is 2.80. The Labute approximate surface area is 139 Å². The van der Waals surface area contributed by atoms with Gasteiger partial charge in [-0.15, -0.1) is 0 Å². The van der Waals surface area contributed by atoms with Crippen LogP contribution in [0.3, 0.4) is 0 Å². The molecule has 1 rings (SSSR count). The molecule has 0 fully saturated rings. The Bertz CT molecular complexity index is 565. The monoisotopic (exact) mass is 343 g/mol. The lowest BCUT2D eigenvalue weighted by molar-refractivity contribution is 0.410. The number of nitrogens with zero attached hydrogens (tertiary/aromatic N) is 1. The molecule has 5 nitrogen and oxygen atoms in total.